The van der Waals surface area contributed by atoms with Gasteiger partial charge in [-0.25, -0.2) is 14.4 Å². The summed E-state index contributed by atoms with van der Waals surface area (Å²) in [5.74, 6) is -1.46. The second-order valence-corrected chi connectivity index (χ2v) is 10.2. The standard InChI is InChI=1S/C27H31F4N7O3/c1-3-32-23-10-21-19(12-34-23)25(16-11-35-37(13-16)14-22(40)15(2)39)36-38(21)17-4-6-18(7-5-17)41-26-24(28)20(8-9-33-26)27(29,30)31/h8-13,15,17-18,22,39-40H,3-7,14H2,1-2H3,(H,32,34)/t15-,17?,18?,22-/m0/s1. The quantitative estimate of drug-likeness (QED) is 0.247. The van der Waals surface area contributed by atoms with Gasteiger partial charge in [0.25, 0.3) is 5.88 Å². The van der Waals surface area contributed by atoms with Crippen LogP contribution in [-0.4, -0.2) is 64.6 Å². The van der Waals surface area contributed by atoms with Gasteiger partial charge in [-0.05, 0) is 45.6 Å². The van der Waals surface area contributed by atoms with Crippen LogP contribution in [0.2, 0.25) is 0 Å². The first-order valence-electron chi connectivity index (χ1n) is 13.4. The van der Waals surface area contributed by atoms with Crippen molar-refractivity contribution in [3.8, 4) is 17.1 Å². The molecule has 0 aliphatic heterocycles. The first kappa shape index (κ1) is 28.7. The molecule has 4 aromatic rings. The first-order chi connectivity index (χ1) is 19.5. The number of halogens is 4. The summed E-state index contributed by atoms with van der Waals surface area (Å²) in [6, 6.07) is 2.46. The van der Waals surface area contributed by atoms with Crippen LogP contribution in [0.3, 0.4) is 0 Å². The highest BCUT2D eigenvalue weighted by molar-refractivity contribution is 5.93. The number of nitrogens with one attached hydrogen (secondary N) is 1. The second-order valence-electron chi connectivity index (χ2n) is 10.2. The Bertz CT molecular complexity index is 1500. The largest absolute Gasteiger partial charge is 0.472 e. The van der Waals surface area contributed by atoms with Gasteiger partial charge in [0.05, 0.1) is 42.1 Å². The molecule has 10 nitrogen and oxygen atoms in total. The van der Waals surface area contributed by atoms with Crippen LogP contribution in [0.25, 0.3) is 22.2 Å². The maximum atomic E-state index is 14.4. The average Bonchev–Trinajstić information content (AvgIpc) is 3.54. The number of hydrogen-bond donors (Lipinski definition) is 3. The molecular formula is C27H31F4N7O3. The van der Waals surface area contributed by atoms with E-state index in [1.54, 1.807) is 23.3 Å². The predicted molar refractivity (Wildman–Crippen MR) is 142 cm³/mol. The van der Waals surface area contributed by atoms with Gasteiger partial charge in [0.1, 0.15) is 17.6 Å². The van der Waals surface area contributed by atoms with Crippen molar-refractivity contribution in [2.75, 3.05) is 11.9 Å². The van der Waals surface area contributed by atoms with Crippen molar-refractivity contribution in [3.63, 3.8) is 0 Å². The maximum absolute atomic E-state index is 14.4. The maximum Gasteiger partial charge on any atom is 0.419 e. The molecule has 0 unspecified atom stereocenters. The van der Waals surface area contributed by atoms with E-state index >= 15 is 0 Å². The molecule has 1 saturated carbocycles. The lowest BCUT2D eigenvalue weighted by atomic mass is 9.93. The fourth-order valence-corrected chi connectivity index (χ4v) is 5.02. The summed E-state index contributed by atoms with van der Waals surface area (Å²) in [5.41, 5.74) is 0.813. The zero-order valence-electron chi connectivity index (χ0n) is 22.5. The van der Waals surface area contributed by atoms with Crippen LogP contribution >= 0.6 is 0 Å². The van der Waals surface area contributed by atoms with Gasteiger partial charge >= 0.3 is 6.18 Å². The Morgan fingerprint density at radius 3 is 2.59 bits per heavy atom. The van der Waals surface area contributed by atoms with Crippen LogP contribution in [-0.2, 0) is 12.7 Å². The highest BCUT2D eigenvalue weighted by atomic mass is 19.4. The average molecular weight is 578 g/mol. The van der Waals surface area contributed by atoms with Gasteiger partial charge in [0.15, 0.2) is 5.82 Å². The molecule has 5 rings (SSSR count). The topological polar surface area (TPSA) is 123 Å². The van der Waals surface area contributed by atoms with Crippen LogP contribution in [0, 0.1) is 5.82 Å². The predicted octanol–water partition coefficient (Wildman–Crippen LogP) is 4.58. The van der Waals surface area contributed by atoms with Crippen LogP contribution in [0.1, 0.15) is 51.1 Å². The minimum atomic E-state index is -4.84. The van der Waals surface area contributed by atoms with Crippen LogP contribution in [0.4, 0.5) is 23.4 Å². The Morgan fingerprint density at radius 2 is 1.90 bits per heavy atom. The van der Waals surface area contributed by atoms with E-state index in [-0.39, 0.29) is 12.6 Å². The number of aromatic nitrogens is 6. The Labute approximate surface area is 233 Å². The first-order valence-corrected chi connectivity index (χ1v) is 13.4. The molecule has 0 bridgehead atoms. The monoisotopic (exact) mass is 577 g/mol. The Morgan fingerprint density at radius 1 is 1.15 bits per heavy atom. The van der Waals surface area contributed by atoms with Gasteiger partial charge in [0.2, 0.25) is 0 Å². The number of alkyl halides is 3. The van der Waals surface area contributed by atoms with Gasteiger partial charge in [-0.2, -0.15) is 23.4 Å². The third kappa shape index (κ3) is 6.12. The molecule has 0 amide bonds. The van der Waals surface area contributed by atoms with Gasteiger partial charge in [-0.1, -0.05) is 0 Å². The molecule has 1 aliphatic carbocycles. The molecule has 0 radical (unpaired) electrons. The van der Waals surface area contributed by atoms with Crippen LogP contribution < -0.4 is 10.1 Å². The summed E-state index contributed by atoms with van der Waals surface area (Å²) < 4.78 is 62.8. The number of hydrogen-bond acceptors (Lipinski definition) is 8. The number of aliphatic hydroxyl groups excluding tert-OH is 2. The molecule has 0 spiro atoms. The van der Waals surface area contributed by atoms with E-state index in [1.165, 1.54) is 6.92 Å². The number of pyridine rings is 2. The molecule has 4 heterocycles. The number of nitrogens with zero attached hydrogens (tertiary/aromatic N) is 6. The molecule has 14 heteroatoms. The fourth-order valence-electron chi connectivity index (χ4n) is 5.02. The Hall–Kier alpha value is -3.78. The van der Waals surface area contributed by atoms with E-state index in [4.69, 9.17) is 9.84 Å². The number of anilines is 1. The Balaban J connectivity index is 1.38. The molecule has 1 fully saturated rings. The summed E-state index contributed by atoms with van der Waals surface area (Å²) in [4.78, 5) is 8.20. The second kappa shape index (κ2) is 11.6. The molecular weight excluding hydrogens is 546 g/mol. The van der Waals surface area contributed by atoms with Crippen molar-refractivity contribution in [1.29, 1.82) is 0 Å². The number of ether oxygens (including phenoxy) is 1. The molecule has 41 heavy (non-hydrogen) atoms. The van der Waals surface area contributed by atoms with E-state index < -0.39 is 41.7 Å². The van der Waals surface area contributed by atoms with Crippen molar-refractivity contribution in [2.24, 2.45) is 0 Å². The smallest absolute Gasteiger partial charge is 0.419 e. The third-order valence-electron chi connectivity index (χ3n) is 7.22. The van der Waals surface area contributed by atoms with Crippen LogP contribution in [0.15, 0.2) is 36.9 Å². The van der Waals surface area contributed by atoms with E-state index in [2.05, 4.69) is 20.4 Å². The summed E-state index contributed by atoms with van der Waals surface area (Å²) in [6.07, 6.45) is 0.953. The lowest BCUT2D eigenvalue weighted by Crippen LogP contribution is -2.27. The molecule has 4 aromatic heterocycles. The van der Waals surface area contributed by atoms with Crippen molar-refractivity contribution in [3.05, 3.63) is 48.3 Å². The zero-order chi connectivity index (χ0) is 29.3. The van der Waals surface area contributed by atoms with E-state index in [1.807, 2.05) is 17.7 Å². The summed E-state index contributed by atoms with van der Waals surface area (Å²) in [5, 5.41) is 32.9. The molecule has 1 aliphatic rings. The number of fused-ring (bicyclic) bond motifs is 1. The van der Waals surface area contributed by atoms with E-state index in [0.717, 1.165) is 17.1 Å². The summed E-state index contributed by atoms with van der Waals surface area (Å²) in [6.45, 7) is 4.27. The molecule has 2 atom stereocenters. The molecule has 220 valence electrons. The SMILES string of the molecule is CCNc1cc2c(cn1)c(-c1cnn(C[C@H](O)[C@H](C)O)c1)nn2C1CCC(Oc2nccc(C(F)(F)F)c2F)CC1. The van der Waals surface area contributed by atoms with E-state index in [0.29, 0.717) is 55.4 Å². The third-order valence-corrected chi connectivity index (χ3v) is 7.22. The van der Waals surface area contributed by atoms with Crippen molar-refractivity contribution < 1.29 is 32.5 Å². The van der Waals surface area contributed by atoms with Gasteiger partial charge < -0.3 is 20.3 Å². The molecule has 3 N–H and O–H groups in total. The Kier molecular flexibility index (Phi) is 8.13. The number of rotatable bonds is 9. The minimum Gasteiger partial charge on any atom is -0.472 e. The van der Waals surface area contributed by atoms with Crippen LogP contribution in [0.5, 0.6) is 5.88 Å². The molecule has 0 saturated heterocycles. The molecule has 0 aromatic carbocycles. The van der Waals surface area contributed by atoms with Gasteiger partial charge in [-0.15, -0.1) is 0 Å². The minimum absolute atomic E-state index is 0.0469. The van der Waals surface area contributed by atoms with Gasteiger partial charge in [0, 0.05) is 42.2 Å². The summed E-state index contributed by atoms with van der Waals surface area (Å²) in [7, 11) is 0. The van der Waals surface area contributed by atoms with E-state index in [9.17, 15) is 27.8 Å². The van der Waals surface area contributed by atoms with Gasteiger partial charge in [-0.3, -0.25) is 9.36 Å². The normalized spacial score (nSPS) is 19.3. The highest BCUT2D eigenvalue weighted by Crippen LogP contribution is 2.38. The zero-order valence-corrected chi connectivity index (χ0v) is 22.5. The summed E-state index contributed by atoms with van der Waals surface area (Å²) >= 11 is 0. The van der Waals surface area contributed by atoms with Crippen molar-refractivity contribution in [1.82, 2.24) is 29.5 Å². The van der Waals surface area contributed by atoms with Crippen molar-refractivity contribution in [2.45, 2.75) is 76.6 Å². The fraction of sp³-hybridized carbons (Fsp3) is 0.481. The lowest BCUT2D eigenvalue weighted by molar-refractivity contribution is -0.140. The lowest BCUT2D eigenvalue weighted by Gasteiger charge is -2.29. The number of aliphatic hydroxyl groups is 2. The van der Waals surface area contributed by atoms with Crippen molar-refractivity contribution >= 4 is 16.7 Å². The highest BCUT2D eigenvalue weighted by Gasteiger charge is 2.36.